The molecule has 3 rings (SSSR count). The summed E-state index contributed by atoms with van der Waals surface area (Å²) in [6.07, 6.45) is -3.01. The van der Waals surface area contributed by atoms with Crippen LogP contribution in [-0.2, 0) is 17.6 Å². The molecule has 0 aliphatic heterocycles. The second-order valence-corrected chi connectivity index (χ2v) is 5.68. The summed E-state index contributed by atoms with van der Waals surface area (Å²) in [7, 11) is 1.30. The Morgan fingerprint density at radius 1 is 1.42 bits per heavy atom. The first-order chi connectivity index (χ1) is 12.3. The molecule has 0 radical (unpaired) electrons. The largest absolute Gasteiger partial charge is 0.471 e. The van der Waals surface area contributed by atoms with Crippen LogP contribution in [0, 0.1) is 5.82 Å². The van der Waals surface area contributed by atoms with Gasteiger partial charge in [-0.1, -0.05) is 11.2 Å². The number of carbonyl (C=O) groups excluding carboxylic acids is 1. The molecule has 1 fully saturated rings. The molecule has 1 aromatic heterocycles. The minimum atomic E-state index is -4.81. The second kappa shape index (κ2) is 6.90. The molecule has 2 amide bonds. The van der Waals surface area contributed by atoms with Gasteiger partial charge in [-0.3, -0.25) is 4.84 Å². The number of halogens is 4. The van der Waals surface area contributed by atoms with E-state index in [1.54, 1.807) is 0 Å². The highest BCUT2D eigenvalue weighted by Gasteiger charge is 2.38. The van der Waals surface area contributed by atoms with E-state index >= 15 is 0 Å². The summed E-state index contributed by atoms with van der Waals surface area (Å²) in [5.41, 5.74) is 0.123. The highest BCUT2D eigenvalue weighted by Crippen LogP contribution is 2.30. The third-order valence-electron chi connectivity index (χ3n) is 3.62. The normalized spacial score (nSPS) is 14.3. The maximum Gasteiger partial charge on any atom is 0.471 e. The number of amides is 2. The van der Waals surface area contributed by atoms with Gasteiger partial charge >= 0.3 is 18.1 Å². The number of nitrogens with zero attached hydrogens (tertiary/aromatic N) is 3. The molecule has 0 unspecified atom stereocenters. The molecular weight excluding hydrogens is 360 g/mol. The van der Waals surface area contributed by atoms with Crippen molar-refractivity contribution in [1.29, 1.82) is 0 Å². The molecule has 0 bridgehead atoms. The third kappa shape index (κ3) is 4.10. The average Bonchev–Trinajstić information content (AvgIpc) is 3.23. The number of benzene rings is 1. The Balaban J connectivity index is 1.74. The smallest absolute Gasteiger partial charge is 0.333 e. The minimum Gasteiger partial charge on any atom is -0.333 e. The van der Waals surface area contributed by atoms with E-state index in [1.165, 1.54) is 19.2 Å². The first-order valence-electron chi connectivity index (χ1n) is 7.59. The molecule has 0 spiro atoms. The van der Waals surface area contributed by atoms with Gasteiger partial charge < -0.3 is 9.84 Å². The Labute approximate surface area is 144 Å². The number of carbonyl (C=O) groups is 1. The minimum absolute atomic E-state index is 0.0493. The number of alkyl halides is 3. The number of urea groups is 1. The van der Waals surface area contributed by atoms with Crippen molar-refractivity contribution in [3.05, 3.63) is 35.5 Å². The van der Waals surface area contributed by atoms with Gasteiger partial charge in [0.05, 0.1) is 19.2 Å². The number of hydrogen-bond acceptors (Lipinski definition) is 5. The van der Waals surface area contributed by atoms with Crippen LogP contribution in [0.25, 0.3) is 11.4 Å². The lowest BCUT2D eigenvalue weighted by Crippen LogP contribution is -2.39. The Hall–Kier alpha value is -2.69. The van der Waals surface area contributed by atoms with Gasteiger partial charge in [-0.05, 0) is 30.5 Å². The number of aromatic nitrogens is 2. The van der Waals surface area contributed by atoms with Crippen molar-refractivity contribution in [2.24, 2.45) is 0 Å². The van der Waals surface area contributed by atoms with Crippen LogP contribution in [0.3, 0.4) is 0 Å². The Morgan fingerprint density at radius 3 is 2.69 bits per heavy atom. The van der Waals surface area contributed by atoms with Crippen LogP contribution >= 0.6 is 0 Å². The number of rotatable bonds is 5. The van der Waals surface area contributed by atoms with Crippen LogP contribution in [-0.4, -0.2) is 34.4 Å². The van der Waals surface area contributed by atoms with Crippen LogP contribution in [0.2, 0.25) is 0 Å². The van der Waals surface area contributed by atoms with Crippen molar-refractivity contribution in [3.8, 4) is 11.4 Å². The third-order valence-corrected chi connectivity index (χ3v) is 3.62. The molecule has 1 aromatic carbocycles. The number of hydrogen-bond donors (Lipinski definition) is 1. The predicted molar refractivity (Wildman–Crippen MR) is 78.8 cm³/mol. The van der Waals surface area contributed by atoms with Gasteiger partial charge in [0.15, 0.2) is 0 Å². The molecule has 1 aliphatic carbocycles. The van der Waals surface area contributed by atoms with Gasteiger partial charge in [0.2, 0.25) is 5.82 Å². The monoisotopic (exact) mass is 374 g/mol. The Bertz CT molecular complexity index is 804. The van der Waals surface area contributed by atoms with Crippen molar-refractivity contribution in [1.82, 2.24) is 20.5 Å². The first kappa shape index (κ1) is 18.1. The van der Waals surface area contributed by atoms with Crippen molar-refractivity contribution in [2.45, 2.75) is 31.6 Å². The average molecular weight is 374 g/mol. The Kier molecular flexibility index (Phi) is 4.81. The lowest BCUT2D eigenvalue weighted by Gasteiger charge is -2.20. The fourth-order valence-electron chi connectivity index (χ4n) is 2.15. The van der Waals surface area contributed by atoms with Crippen molar-refractivity contribution in [3.63, 3.8) is 0 Å². The fourth-order valence-corrected chi connectivity index (χ4v) is 2.15. The SMILES string of the molecule is CON(Cc1ccc(-c2noc(C(F)(F)F)n2)c(F)c1)C(=O)NC1CC1. The molecule has 1 saturated carbocycles. The summed E-state index contributed by atoms with van der Waals surface area (Å²) in [6.45, 7) is -0.0493. The van der Waals surface area contributed by atoms with Gasteiger partial charge in [0, 0.05) is 6.04 Å². The van der Waals surface area contributed by atoms with E-state index in [9.17, 15) is 22.4 Å². The van der Waals surface area contributed by atoms with Gasteiger partial charge in [-0.25, -0.2) is 9.18 Å². The summed E-state index contributed by atoms with van der Waals surface area (Å²) in [5.74, 6) is -2.93. The molecular formula is C15H14F4N4O3. The first-order valence-corrected chi connectivity index (χ1v) is 7.59. The maximum absolute atomic E-state index is 14.3. The topological polar surface area (TPSA) is 80.5 Å². The molecule has 1 aliphatic rings. The van der Waals surface area contributed by atoms with Gasteiger partial charge in [-0.15, -0.1) is 0 Å². The standard InChI is InChI=1S/C15H14F4N4O3/c1-25-23(14(24)20-9-3-4-9)7-8-2-5-10(11(16)6-8)12-21-13(26-22-12)15(17,18)19/h2,5-6,9H,3-4,7H2,1H3,(H,20,24). The highest BCUT2D eigenvalue weighted by molar-refractivity contribution is 5.73. The highest BCUT2D eigenvalue weighted by atomic mass is 19.4. The zero-order chi connectivity index (χ0) is 18.9. The van der Waals surface area contributed by atoms with Gasteiger partial charge in [0.25, 0.3) is 0 Å². The van der Waals surface area contributed by atoms with E-state index in [1.807, 2.05) is 0 Å². The molecule has 0 atom stereocenters. The number of hydroxylamine groups is 2. The van der Waals surface area contributed by atoms with Gasteiger partial charge in [0.1, 0.15) is 5.82 Å². The number of nitrogens with one attached hydrogen (secondary N) is 1. The Morgan fingerprint density at radius 2 is 2.15 bits per heavy atom. The van der Waals surface area contributed by atoms with E-state index in [0.717, 1.165) is 24.0 Å². The van der Waals surface area contributed by atoms with E-state index in [-0.39, 0.29) is 18.2 Å². The van der Waals surface area contributed by atoms with Crippen LogP contribution in [0.1, 0.15) is 24.3 Å². The fraction of sp³-hybridized carbons (Fsp3) is 0.400. The van der Waals surface area contributed by atoms with Crippen LogP contribution < -0.4 is 5.32 Å². The molecule has 7 nitrogen and oxygen atoms in total. The summed E-state index contributed by atoms with van der Waals surface area (Å²) < 4.78 is 55.8. The molecule has 1 N–H and O–H groups in total. The lowest BCUT2D eigenvalue weighted by molar-refractivity contribution is -0.159. The lowest BCUT2D eigenvalue weighted by atomic mass is 10.1. The van der Waals surface area contributed by atoms with E-state index in [0.29, 0.717) is 5.56 Å². The summed E-state index contributed by atoms with van der Waals surface area (Å²) in [4.78, 5) is 20.1. The van der Waals surface area contributed by atoms with Crippen molar-refractivity contribution >= 4 is 6.03 Å². The van der Waals surface area contributed by atoms with Crippen molar-refractivity contribution in [2.75, 3.05) is 7.11 Å². The molecule has 11 heteroatoms. The van der Waals surface area contributed by atoms with Crippen LogP contribution in [0.15, 0.2) is 22.7 Å². The zero-order valence-corrected chi connectivity index (χ0v) is 13.5. The summed E-state index contributed by atoms with van der Waals surface area (Å²) in [6, 6.07) is 3.38. The summed E-state index contributed by atoms with van der Waals surface area (Å²) >= 11 is 0. The van der Waals surface area contributed by atoms with E-state index < -0.39 is 29.7 Å². The van der Waals surface area contributed by atoms with Crippen molar-refractivity contribution < 1.29 is 31.7 Å². The molecule has 26 heavy (non-hydrogen) atoms. The van der Waals surface area contributed by atoms with E-state index in [4.69, 9.17) is 4.84 Å². The summed E-state index contributed by atoms with van der Waals surface area (Å²) in [5, 5.41) is 6.88. The van der Waals surface area contributed by atoms with Crippen LogP contribution in [0.4, 0.5) is 22.4 Å². The quantitative estimate of drug-likeness (QED) is 0.643. The molecule has 2 aromatic rings. The predicted octanol–water partition coefficient (Wildman–Crippen LogP) is 3.13. The van der Waals surface area contributed by atoms with Gasteiger partial charge in [-0.2, -0.15) is 23.2 Å². The zero-order valence-electron chi connectivity index (χ0n) is 13.5. The van der Waals surface area contributed by atoms with E-state index in [2.05, 4.69) is 20.0 Å². The molecule has 1 heterocycles. The second-order valence-electron chi connectivity index (χ2n) is 5.68. The maximum atomic E-state index is 14.3. The molecule has 0 saturated heterocycles. The molecule has 140 valence electrons. The van der Waals surface area contributed by atoms with Crippen LogP contribution in [0.5, 0.6) is 0 Å².